The first-order chi connectivity index (χ1) is 14.6. The zero-order valence-corrected chi connectivity index (χ0v) is 16.8. The molecule has 0 unspecified atom stereocenters. The molecule has 0 atom stereocenters. The molecular formula is C24H21N5O. The van der Waals surface area contributed by atoms with E-state index in [9.17, 15) is 4.79 Å². The molecule has 6 heteroatoms. The van der Waals surface area contributed by atoms with Crippen molar-refractivity contribution >= 4 is 23.1 Å². The Labute approximate surface area is 175 Å². The topological polar surface area (TPSA) is 79.8 Å². The van der Waals surface area contributed by atoms with Gasteiger partial charge >= 0.3 is 0 Å². The second kappa shape index (κ2) is 8.53. The highest BCUT2D eigenvalue weighted by Crippen LogP contribution is 2.31. The summed E-state index contributed by atoms with van der Waals surface area (Å²) >= 11 is 0. The highest BCUT2D eigenvalue weighted by Gasteiger charge is 2.16. The van der Waals surface area contributed by atoms with Crippen LogP contribution in [0.5, 0.6) is 0 Å². The lowest BCUT2D eigenvalue weighted by molar-refractivity contribution is 0.102. The lowest BCUT2D eigenvalue weighted by Gasteiger charge is -2.17. The van der Waals surface area contributed by atoms with Crippen LogP contribution in [-0.2, 0) is 0 Å². The van der Waals surface area contributed by atoms with E-state index in [4.69, 9.17) is 0 Å². The molecule has 0 fully saturated rings. The van der Waals surface area contributed by atoms with Crippen LogP contribution in [0.2, 0.25) is 0 Å². The molecule has 1 amide bonds. The van der Waals surface area contributed by atoms with Crippen molar-refractivity contribution in [2.75, 3.05) is 10.6 Å². The summed E-state index contributed by atoms with van der Waals surface area (Å²) in [5.41, 5.74) is 5.71. The van der Waals surface area contributed by atoms with E-state index < -0.39 is 0 Å². The van der Waals surface area contributed by atoms with E-state index in [-0.39, 0.29) is 5.91 Å². The first kappa shape index (κ1) is 19.3. The van der Waals surface area contributed by atoms with Crippen molar-refractivity contribution in [1.29, 1.82) is 0 Å². The quantitative estimate of drug-likeness (QED) is 0.488. The van der Waals surface area contributed by atoms with Gasteiger partial charge in [0.05, 0.1) is 5.69 Å². The fourth-order valence-corrected chi connectivity index (χ4v) is 3.29. The molecule has 30 heavy (non-hydrogen) atoms. The number of aromatic nitrogens is 3. The molecule has 0 bridgehead atoms. The minimum absolute atomic E-state index is 0.154. The number of pyridine rings is 1. The number of para-hydroxylation sites is 1. The largest absolute Gasteiger partial charge is 0.339 e. The number of rotatable bonds is 5. The van der Waals surface area contributed by atoms with Crippen LogP contribution in [0.25, 0.3) is 11.3 Å². The molecular weight excluding hydrogens is 374 g/mol. The molecule has 0 aliphatic carbocycles. The monoisotopic (exact) mass is 395 g/mol. The molecule has 6 nitrogen and oxygen atoms in total. The minimum Gasteiger partial charge on any atom is -0.339 e. The van der Waals surface area contributed by atoms with Crippen LogP contribution in [-0.4, -0.2) is 20.9 Å². The highest BCUT2D eigenvalue weighted by molar-refractivity contribution is 6.06. The highest BCUT2D eigenvalue weighted by atomic mass is 16.1. The standard InChI is InChI=1S/C24H21N5O/c1-16-10-11-19(24(30)28-18-7-4-3-5-8-18)17(2)22(16)29-23-20(9-6-13-26-23)21-12-14-25-15-27-21/h3-15H,1-2H3,(H,26,29)(H,28,30). The molecule has 0 aliphatic rings. The number of anilines is 3. The van der Waals surface area contributed by atoms with Gasteiger partial charge in [-0.3, -0.25) is 4.79 Å². The van der Waals surface area contributed by atoms with Crippen LogP contribution in [0.15, 0.2) is 79.4 Å². The van der Waals surface area contributed by atoms with Gasteiger partial charge in [-0.2, -0.15) is 0 Å². The van der Waals surface area contributed by atoms with Crippen molar-refractivity contribution in [2.24, 2.45) is 0 Å². The second-order valence-electron chi connectivity index (χ2n) is 6.87. The molecule has 2 N–H and O–H groups in total. The molecule has 4 rings (SSSR count). The Hall–Kier alpha value is -4.06. The molecule has 4 aromatic rings. The maximum absolute atomic E-state index is 12.9. The lowest BCUT2D eigenvalue weighted by Crippen LogP contribution is -2.14. The van der Waals surface area contributed by atoms with E-state index in [1.165, 1.54) is 6.33 Å². The number of nitrogens with one attached hydrogen (secondary N) is 2. The molecule has 0 aliphatic heterocycles. The van der Waals surface area contributed by atoms with Gasteiger partial charge in [-0.05, 0) is 61.4 Å². The smallest absolute Gasteiger partial charge is 0.256 e. The van der Waals surface area contributed by atoms with Gasteiger partial charge < -0.3 is 10.6 Å². The van der Waals surface area contributed by atoms with Gasteiger partial charge in [-0.25, -0.2) is 15.0 Å². The summed E-state index contributed by atoms with van der Waals surface area (Å²) in [4.78, 5) is 25.7. The Morgan fingerprint density at radius 3 is 2.47 bits per heavy atom. The van der Waals surface area contributed by atoms with Crippen molar-refractivity contribution in [3.8, 4) is 11.3 Å². The third-order valence-corrected chi connectivity index (χ3v) is 4.86. The number of amides is 1. The fourth-order valence-electron chi connectivity index (χ4n) is 3.29. The molecule has 2 aromatic heterocycles. The first-order valence-electron chi connectivity index (χ1n) is 9.58. The van der Waals surface area contributed by atoms with E-state index in [0.29, 0.717) is 11.4 Å². The van der Waals surface area contributed by atoms with Gasteiger partial charge in [0.2, 0.25) is 0 Å². The third-order valence-electron chi connectivity index (χ3n) is 4.86. The van der Waals surface area contributed by atoms with Crippen LogP contribution in [0.1, 0.15) is 21.5 Å². The SMILES string of the molecule is Cc1ccc(C(=O)Nc2ccccc2)c(C)c1Nc1ncccc1-c1ccncn1. The van der Waals surface area contributed by atoms with Crippen molar-refractivity contribution in [3.63, 3.8) is 0 Å². The molecule has 0 saturated carbocycles. The van der Waals surface area contributed by atoms with E-state index in [2.05, 4.69) is 25.6 Å². The molecule has 148 valence electrons. The Morgan fingerprint density at radius 1 is 0.867 bits per heavy atom. The van der Waals surface area contributed by atoms with E-state index in [1.54, 1.807) is 12.4 Å². The first-order valence-corrected chi connectivity index (χ1v) is 9.58. The Bertz CT molecular complexity index is 1180. The van der Waals surface area contributed by atoms with Crippen LogP contribution in [0, 0.1) is 13.8 Å². The molecule has 2 aromatic carbocycles. The van der Waals surface area contributed by atoms with Crippen LogP contribution >= 0.6 is 0 Å². The van der Waals surface area contributed by atoms with Crippen LogP contribution < -0.4 is 10.6 Å². The van der Waals surface area contributed by atoms with Crippen molar-refractivity contribution in [3.05, 3.63) is 96.1 Å². The van der Waals surface area contributed by atoms with E-state index >= 15 is 0 Å². The summed E-state index contributed by atoms with van der Waals surface area (Å²) < 4.78 is 0. The summed E-state index contributed by atoms with van der Waals surface area (Å²) in [5, 5.41) is 6.36. The van der Waals surface area contributed by atoms with E-state index in [1.807, 2.05) is 74.5 Å². The molecule has 0 radical (unpaired) electrons. The van der Waals surface area contributed by atoms with E-state index in [0.717, 1.165) is 33.8 Å². The summed E-state index contributed by atoms with van der Waals surface area (Å²) in [6.07, 6.45) is 4.94. The van der Waals surface area contributed by atoms with Crippen molar-refractivity contribution < 1.29 is 4.79 Å². The number of hydrogen-bond donors (Lipinski definition) is 2. The summed E-state index contributed by atoms with van der Waals surface area (Å²) in [7, 11) is 0. The maximum Gasteiger partial charge on any atom is 0.256 e. The summed E-state index contributed by atoms with van der Waals surface area (Å²) in [6.45, 7) is 3.93. The number of aryl methyl sites for hydroxylation is 1. The predicted molar refractivity (Wildman–Crippen MR) is 119 cm³/mol. The lowest BCUT2D eigenvalue weighted by atomic mass is 10.0. The van der Waals surface area contributed by atoms with Crippen molar-refractivity contribution in [2.45, 2.75) is 13.8 Å². The van der Waals surface area contributed by atoms with Gasteiger partial charge in [0.25, 0.3) is 5.91 Å². The number of benzene rings is 2. The van der Waals surface area contributed by atoms with Gasteiger partial charge in [-0.15, -0.1) is 0 Å². The Balaban J connectivity index is 1.68. The van der Waals surface area contributed by atoms with Gasteiger partial charge in [0, 0.05) is 34.9 Å². The number of carbonyl (C=O) groups excluding carboxylic acids is 1. The minimum atomic E-state index is -0.154. The predicted octanol–water partition coefficient (Wildman–Crippen LogP) is 5.15. The van der Waals surface area contributed by atoms with Crippen molar-refractivity contribution in [1.82, 2.24) is 15.0 Å². The maximum atomic E-state index is 12.9. The Kier molecular flexibility index (Phi) is 5.48. The third kappa shape index (κ3) is 4.03. The Morgan fingerprint density at radius 2 is 1.70 bits per heavy atom. The summed E-state index contributed by atoms with van der Waals surface area (Å²) in [6, 6.07) is 18.9. The van der Waals surface area contributed by atoms with Crippen LogP contribution in [0.3, 0.4) is 0 Å². The van der Waals surface area contributed by atoms with Gasteiger partial charge in [-0.1, -0.05) is 24.3 Å². The fraction of sp³-hybridized carbons (Fsp3) is 0.0833. The molecule has 0 spiro atoms. The average molecular weight is 395 g/mol. The van der Waals surface area contributed by atoms with Gasteiger partial charge in [0.1, 0.15) is 12.1 Å². The number of carbonyl (C=O) groups is 1. The summed E-state index contributed by atoms with van der Waals surface area (Å²) in [5.74, 6) is 0.516. The van der Waals surface area contributed by atoms with Crippen LogP contribution in [0.4, 0.5) is 17.2 Å². The normalized spacial score (nSPS) is 10.5. The number of hydrogen-bond acceptors (Lipinski definition) is 5. The number of nitrogens with zero attached hydrogens (tertiary/aromatic N) is 3. The average Bonchev–Trinajstić information content (AvgIpc) is 2.78. The molecule has 2 heterocycles. The zero-order chi connectivity index (χ0) is 20.9. The molecule has 0 saturated heterocycles. The second-order valence-corrected chi connectivity index (χ2v) is 6.87. The zero-order valence-electron chi connectivity index (χ0n) is 16.8. The van der Waals surface area contributed by atoms with Gasteiger partial charge in [0.15, 0.2) is 0 Å².